The Morgan fingerprint density at radius 3 is 2.47 bits per heavy atom. The van der Waals surface area contributed by atoms with Crippen molar-refractivity contribution in [2.75, 3.05) is 5.75 Å². The van der Waals surface area contributed by atoms with Crippen LogP contribution < -0.4 is 0 Å². The number of phenols is 2. The molecule has 2 aromatic heterocycles. The van der Waals surface area contributed by atoms with Crippen LogP contribution in [-0.2, 0) is 0 Å². The molecule has 0 atom stereocenters. The van der Waals surface area contributed by atoms with Crippen molar-refractivity contribution < 1.29 is 15.0 Å². The maximum absolute atomic E-state index is 12.7. The highest BCUT2D eigenvalue weighted by molar-refractivity contribution is 7.99. The van der Waals surface area contributed by atoms with Crippen molar-refractivity contribution in [1.29, 1.82) is 0 Å². The summed E-state index contributed by atoms with van der Waals surface area (Å²) in [5, 5.41) is 19.8. The first-order valence-corrected chi connectivity index (χ1v) is 10.4. The van der Waals surface area contributed by atoms with Crippen LogP contribution in [0.3, 0.4) is 0 Å². The van der Waals surface area contributed by atoms with Crippen LogP contribution in [0.25, 0.3) is 16.9 Å². The molecule has 6 nitrogen and oxygen atoms in total. The maximum Gasteiger partial charge on any atom is 0.175 e. The lowest BCUT2D eigenvalue weighted by atomic mass is 10.1. The number of thioether (sulfide) groups is 1. The van der Waals surface area contributed by atoms with E-state index in [2.05, 4.69) is 37.9 Å². The molecule has 7 heteroatoms. The lowest BCUT2D eigenvalue weighted by Crippen LogP contribution is -2.06. The van der Waals surface area contributed by atoms with Gasteiger partial charge in [-0.3, -0.25) is 9.36 Å². The predicted octanol–water partition coefficient (Wildman–Crippen LogP) is 4.73. The standard InChI is InChI=1S/C23H21N3O3S/c1-13-9-14(2)21(15(3)10-13)26-22-17(5-4-8-24-22)25-23(26)30-12-20(29)16-6-7-18(27)19(28)11-16/h4-11,27-28H,12H2,1-3H3. The molecule has 0 saturated carbocycles. The molecule has 0 fully saturated rings. The molecule has 0 unspecified atom stereocenters. The monoisotopic (exact) mass is 419 g/mol. The number of rotatable bonds is 5. The van der Waals surface area contributed by atoms with Gasteiger partial charge in [0.15, 0.2) is 28.1 Å². The van der Waals surface area contributed by atoms with E-state index >= 15 is 0 Å². The zero-order valence-corrected chi connectivity index (χ0v) is 17.7. The summed E-state index contributed by atoms with van der Waals surface area (Å²) in [5.41, 5.74) is 6.24. The highest BCUT2D eigenvalue weighted by atomic mass is 32.2. The molecule has 30 heavy (non-hydrogen) atoms. The average Bonchev–Trinajstić information content (AvgIpc) is 3.06. The molecule has 152 valence electrons. The molecule has 0 saturated heterocycles. The van der Waals surface area contributed by atoms with Crippen molar-refractivity contribution in [1.82, 2.24) is 14.5 Å². The number of Topliss-reactive ketones (excluding diaryl/α,β-unsaturated/α-hetero) is 1. The maximum atomic E-state index is 12.7. The van der Waals surface area contributed by atoms with Gasteiger partial charge in [0.25, 0.3) is 0 Å². The van der Waals surface area contributed by atoms with E-state index in [4.69, 9.17) is 4.98 Å². The molecule has 4 rings (SSSR count). The summed E-state index contributed by atoms with van der Waals surface area (Å²) in [6.45, 7) is 6.18. The van der Waals surface area contributed by atoms with Crippen LogP contribution in [0.15, 0.2) is 53.8 Å². The Morgan fingerprint density at radius 2 is 1.77 bits per heavy atom. The predicted molar refractivity (Wildman–Crippen MR) is 118 cm³/mol. The van der Waals surface area contributed by atoms with Crippen molar-refractivity contribution in [3.8, 4) is 17.2 Å². The number of benzene rings is 2. The van der Waals surface area contributed by atoms with Gasteiger partial charge < -0.3 is 10.2 Å². The summed E-state index contributed by atoms with van der Waals surface area (Å²) >= 11 is 1.32. The average molecular weight is 420 g/mol. The molecule has 0 amide bonds. The summed E-state index contributed by atoms with van der Waals surface area (Å²) in [6.07, 6.45) is 1.73. The van der Waals surface area contributed by atoms with Crippen molar-refractivity contribution in [3.63, 3.8) is 0 Å². The highest BCUT2D eigenvalue weighted by Gasteiger charge is 2.19. The Bertz CT molecular complexity index is 1260. The van der Waals surface area contributed by atoms with Crippen LogP contribution >= 0.6 is 11.8 Å². The molecular formula is C23H21N3O3S. The minimum atomic E-state index is -0.312. The van der Waals surface area contributed by atoms with Crippen molar-refractivity contribution in [2.45, 2.75) is 25.9 Å². The third kappa shape index (κ3) is 3.64. The Hall–Kier alpha value is -3.32. The topological polar surface area (TPSA) is 88.2 Å². The number of aromatic nitrogens is 3. The van der Waals surface area contributed by atoms with E-state index in [0.29, 0.717) is 10.7 Å². The number of aryl methyl sites for hydroxylation is 3. The number of ketones is 1. The van der Waals surface area contributed by atoms with Gasteiger partial charge in [0.2, 0.25) is 0 Å². The SMILES string of the molecule is Cc1cc(C)c(-n2c(SCC(=O)c3ccc(O)c(O)c3)nc3cccnc32)c(C)c1. The Kier molecular flexibility index (Phi) is 5.22. The molecule has 4 aromatic rings. The molecule has 0 aliphatic heterocycles. The molecular weight excluding hydrogens is 398 g/mol. The van der Waals surface area contributed by atoms with Crippen molar-refractivity contribution >= 4 is 28.7 Å². The van der Waals surface area contributed by atoms with Crippen LogP contribution in [0.2, 0.25) is 0 Å². The van der Waals surface area contributed by atoms with E-state index in [1.807, 2.05) is 16.7 Å². The lowest BCUT2D eigenvalue weighted by Gasteiger charge is -2.15. The van der Waals surface area contributed by atoms with Gasteiger partial charge in [0, 0.05) is 11.8 Å². The fraction of sp³-hybridized carbons (Fsp3) is 0.174. The summed E-state index contributed by atoms with van der Waals surface area (Å²) < 4.78 is 2.01. The number of fused-ring (bicyclic) bond motifs is 1. The molecule has 0 aliphatic carbocycles. The van der Waals surface area contributed by atoms with E-state index in [1.165, 1.54) is 35.5 Å². The van der Waals surface area contributed by atoms with E-state index in [-0.39, 0.29) is 23.0 Å². The zero-order valence-electron chi connectivity index (χ0n) is 16.9. The van der Waals surface area contributed by atoms with Gasteiger partial charge in [-0.25, -0.2) is 9.97 Å². The van der Waals surface area contributed by atoms with Gasteiger partial charge in [-0.05, 0) is 62.2 Å². The smallest absolute Gasteiger partial charge is 0.175 e. The first-order valence-electron chi connectivity index (χ1n) is 9.45. The Morgan fingerprint density at radius 1 is 1.03 bits per heavy atom. The summed E-state index contributed by atoms with van der Waals surface area (Å²) in [5.74, 6) is -0.595. The Labute approximate surface area is 178 Å². The normalized spacial score (nSPS) is 11.2. The second-order valence-corrected chi connectivity index (χ2v) is 8.18. The van der Waals surface area contributed by atoms with Crippen molar-refractivity contribution in [3.05, 3.63) is 70.9 Å². The van der Waals surface area contributed by atoms with Gasteiger partial charge in [-0.15, -0.1) is 0 Å². The fourth-order valence-electron chi connectivity index (χ4n) is 3.63. The minimum absolute atomic E-state index is 0.136. The largest absolute Gasteiger partial charge is 0.504 e. The minimum Gasteiger partial charge on any atom is -0.504 e. The second kappa shape index (κ2) is 7.84. The van der Waals surface area contributed by atoms with Gasteiger partial charge in [0.05, 0.1) is 11.4 Å². The molecule has 0 spiro atoms. The molecule has 2 N–H and O–H groups in total. The van der Waals surface area contributed by atoms with Crippen LogP contribution in [0.1, 0.15) is 27.0 Å². The van der Waals surface area contributed by atoms with Crippen LogP contribution in [0.4, 0.5) is 0 Å². The van der Waals surface area contributed by atoms with Gasteiger partial charge in [-0.2, -0.15) is 0 Å². The van der Waals surface area contributed by atoms with Crippen molar-refractivity contribution in [2.24, 2.45) is 0 Å². The van der Waals surface area contributed by atoms with E-state index < -0.39 is 0 Å². The van der Waals surface area contributed by atoms with Crippen LogP contribution in [0, 0.1) is 20.8 Å². The number of hydrogen-bond donors (Lipinski definition) is 2. The molecule has 0 aliphatic rings. The molecule has 2 aromatic carbocycles. The van der Waals surface area contributed by atoms with Crippen LogP contribution in [-0.4, -0.2) is 36.3 Å². The quantitative estimate of drug-likeness (QED) is 0.276. The first-order chi connectivity index (χ1) is 14.3. The fourth-order valence-corrected chi connectivity index (χ4v) is 4.52. The highest BCUT2D eigenvalue weighted by Crippen LogP contribution is 2.32. The zero-order chi connectivity index (χ0) is 21.4. The second-order valence-electron chi connectivity index (χ2n) is 7.24. The van der Waals surface area contributed by atoms with E-state index in [1.54, 1.807) is 6.20 Å². The molecule has 0 radical (unpaired) electrons. The number of imidazole rings is 1. The number of hydrogen-bond acceptors (Lipinski definition) is 6. The number of aromatic hydroxyl groups is 2. The third-order valence-electron chi connectivity index (χ3n) is 4.87. The number of nitrogens with zero attached hydrogens (tertiary/aromatic N) is 3. The number of carbonyl (C=O) groups is 1. The first kappa shape index (κ1) is 20.0. The van der Waals surface area contributed by atoms with Crippen LogP contribution in [0.5, 0.6) is 11.5 Å². The van der Waals surface area contributed by atoms with E-state index in [0.717, 1.165) is 28.0 Å². The summed E-state index contributed by atoms with van der Waals surface area (Å²) in [4.78, 5) is 21.9. The van der Waals surface area contributed by atoms with Gasteiger partial charge in [-0.1, -0.05) is 29.5 Å². The number of carbonyl (C=O) groups excluding carboxylic acids is 1. The van der Waals surface area contributed by atoms with E-state index in [9.17, 15) is 15.0 Å². The van der Waals surface area contributed by atoms with Gasteiger partial charge in [0.1, 0.15) is 5.52 Å². The molecule has 0 bridgehead atoms. The third-order valence-corrected chi connectivity index (χ3v) is 5.81. The summed E-state index contributed by atoms with van der Waals surface area (Å²) in [7, 11) is 0. The number of pyridine rings is 1. The van der Waals surface area contributed by atoms with Gasteiger partial charge >= 0.3 is 0 Å². The lowest BCUT2D eigenvalue weighted by molar-refractivity contribution is 0.102. The molecule has 2 heterocycles. The summed E-state index contributed by atoms with van der Waals surface area (Å²) in [6, 6.07) is 12.1. The Balaban J connectivity index is 1.74. The number of phenolic OH excluding ortho intramolecular Hbond substituents is 2.